The average molecular weight is 448 g/mol. The monoisotopic (exact) mass is 447 g/mol. The van der Waals surface area contributed by atoms with Crippen LogP contribution in [0, 0.1) is 0 Å². The second-order valence-electron chi connectivity index (χ2n) is 6.71. The van der Waals surface area contributed by atoms with Gasteiger partial charge in [-0.25, -0.2) is 0 Å². The van der Waals surface area contributed by atoms with Gasteiger partial charge in [0.05, 0.1) is 12.1 Å². The number of nitrogens with zero attached hydrogens (tertiary/aromatic N) is 3. The van der Waals surface area contributed by atoms with E-state index in [1.165, 1.54) is 30.4 Å². The molecule has 0 N–H and O–H groups in total. The Hall–Kier alpha value is -2.75. The molecule has 1 aromatic carbocycles. The van der Waals surface area contributed by atoms with Crippen LogP contribution < -0.4 is 0 Å². The van der Waals surface area contributed by atoms with Crippen LogP contribution in [0.2, 0.25) is 0 Å². The molecule has 4 nitrogen and oxygen atoms in total. The standard InChI is InChI=1S/C19H12ClF6N3O/c20-17(19(24,25)26)7-2-5-14-13(17)6-8-29(14)10-15-27-16(30-28-15)11-3-1-4-12(9-11)18(21,22)23/h1-7,9H,8,10H2. The molecule has 2 aliphatic rings. The van der Waals surface area contributed by atoms with Crippen molar-refractivity contribution in [3.05, 3.63) is 71.2 Å². The summed E-state index contributed by atoms with van der Waals surface area (Å²) in [5, 5.41) is 3.74. The minimum atomic E-state index is -4.69. The van der Waals surface area contributed by atoms with Gasteiger partial charge in [0.2, 0.25) is 0 Å². The van der Waals surface area contributed by atoms with E-state index in [2.05, 4.69) is 10.1 Å². The van der Waals surface area contributed by atoms with E-state index in [0.717, 1.165) is 18.2 Å². The first-order chi connectivity index (χ1) is 14.0. The normalized spacial score (nSPS) is 21.5. The first-order valence-electron chi connectivity index (χ1n) is 8.60. The largest absolute Gasteiger partial charge is 0.416 e. The molecule has 0 radical (unpaired) electrons. The molecule has 1 aliphatic heterocycles. The van der Waals surface area contributed by atoms with E-state index in [4.69, 9.17) is 16.1 Å². The third-order valence-electron chi connectivity index (χ3n) is 4.75. The molecule has 1 aliphatic carbocycles. The van der Waals surface area contributed by atoms with Crippen LogP contribution in [0.15, 0.2) is 64.4 Å². The zero-order valence-electron chi connectivity index (χ0n) is 14.9. The molecule has 158 valence electrons. The van der Waals surface area contributed by atoms with Crippen LogP contribution in [0.5, 0.6) is 0 Å². The van der Waals surface area contributed by atoms with E-state index in [0.29, 0.717) is 0 Å². The number of hydrogen-bond donors (Lipinski definition) is 0. The van der Waals surface area contributed by atoms with Crippen molar-refractivity contribution in [2.24, 2.45) is 0 Å². The van der Waals surface area contributed by atoms with Crippen molar-refractivity contribution in [2.45, 2.75) is 23.8 Å². The molecule has 1 aromatic heterocycles. The van der Waals surface area contributed by atoms with Crippen molar-refractivity contribution in [3.8, 4) is 11.5 Å². The van der Waals surface area contributed by atoms with Crippen molar-refractivity contribution in [3.63, 3.8) is 0 Å². The van der Waals surface area contributed by atoms with Gasteiger partial charge in [-0.15, -0.1) is 0 Å². The summed E-state index contributed by atoms with van der Waals surface area (Å²) in [6, 6.07) is 4.41. The van der Waals surface area contributed by atoms with E-state index >= 15 is 0 Å². The summed E-state index contributed by atoms with van der Waals surface area (Å²) >= 11 is 5.87. The fourth-order valence-corrected chi connectivity index (χ4v) is 3.54. The molecule has 0 saturated heterocycles. The molecule has 0 spiro atoms. The molecule has 0 saturated carbocycles. The Morgan fingerprint density at radius 3 is 2.63 bits per heavy atom. The molecule has 30 heavy (non-hydrogen) atoms. The van der Waals surface area contributed by atoms with Crippen LogP contribution >= 0.6 is 11.6 Å². The van der Waals surface area contributed by atoms with Crippen molar-refractivity contribution in [1.82, 2.24) is 15.0 Å². The van der Waals surface area contributed by atoms with E-state index in [1.807, 2.05) is 0 Å². The number of hydrogen-bond acceptors (Lipinski definition) is 4. The third-order valence-corrected chi connectivity index (χ3v) is 5.30. The van der Waals surface area contributed by atoms with Gasteiger partial charge in [0.25, 0.3) is 5.89 Å². The van der Waals surface area contributed by atoms with Gasteiger partial charge in [-0.2, -0.15) is 31.3 Å². The summed E-state index contributed by atoms with van der Waals surface area (Å²) in [6.07, 6.45) is -4.22. The predicted molar refractivity (Wildman–Crippen MR) is 95.1 cm³/mol. The number of alkyl halides is 7. The van der Waals surface area contributed by atoms with Crippen LogP contribution in [0.1, 0.15) is 11.4 Å². The van der Waals surface area contributed by atoms with Gasteiger partial charge in [-0.1, -0.05) is 41.1 Å². The lowest BCUT2D eigenvalue weighted by Crippen LogP contribution is -2.41. The lowest BCUT2D eigenvalue weighted by atomic mass is 9.91. The zero-order valence-corrected chi connectivity index (χ0v) is 15.7. The number of allylic oxidation sites excluding steroid dienone is 4. The smallest absolute Gasteiger partial charge is 0.360 e. The molecule has 0 fully saturated rings. The second-order valence-corrected chi connectivity index (χ2v) is 7.31. The lowest BCUT2D eigenvalue weighted by Gasteiger charge is -2.32. The molecule has 1 atom stereocenters. The van der Waals surface area contributed by atoms with Gasteiger partial charge in [0.1, 0.15) is 0 Å². The Morgan fingerprint density at radius 1 is 1.17 bits per heavy atom. The highest BCUT2D eigenvalue weighted by molar-refractivity contribution is 6.28. The van der Waals surface area contributed by atoms with Gasteiger partial charge in [-0.3, -0.25) is 0 Å². The third kappa shape index (κ3) is 3.49. The van der Waals surface area contributed by atoms with Crippen LogP contribution in [0.4, 0.5) is 26.3 Å². The Bertz CT molecular complexity index is 1070. The molecule has 1 unspecified atom stereocenters. The number of halogens is 7. The van der Waals surface area contributed by atoms with Gasteiger partial charge >= 0.3 is 12.4 Å². The van der Waals surface area contributed by atoms with E-state index in [-0.39, 0.29) is 41.6 Å². The SMILES string of the molecule is FC(F)(F)c1cccc(-c2nc(CN3CC=C4C3=CC=CC4(Cl)C(F)(F)F)no2)c1. The Balaban J connectivity index is 1.54. The minimum Gasteiger partial charge on any atom is -0.360 e. The maximum atomic E-state index is 13.4. The maximum absolute atomic E-state index is 13.4. The number of aromatic nitrogens is 2. The Labute approximate surface area is 171 Å². The van der Waals surface area contributed by atoms with Gasteiger partial charge in [0.15, 0.2) is 10.7 Å². The molecule has 2 aromatic rings. The Kier molecular flexibility index (Phi) is 4.72. The summed E-state index contributed by atoms with van der Waals surface area (Å²) < 4.78 is 84.0. The van der Waals surface area contributed by atoms with Crippen LogP contribution in [0.3, 0.4) is 0 Å². The summed E-state index contributed by atoms with van der Waals surface area (Å²) in [5.74, 6) is -0.0114. The van der Waals surface area contributed by atoms with Gasteiger partial charge in [-0.05, 0) is 24.3 Å². The summed E-state index contributed by atoms with van der Waals surface area (Å²) in [6.45, 7) is 0.133. The summed E-state index contributed by atoms with van der Waals surface area (Å²) in [5.41, 5.74) is -0.589. The highest BCUT2D eigenvalue weighted by Gasteiger charge is 2.57. The molecular formula is C19H12ClF6N3O. The maximum Gasteiger partial charge on any atom is 0.416 e. The molecule has 2 heterocycles. The highest BCUT2D eigenvalue weighted by atomic mass is 35.5. The molecule has 0 bridgehead atoms. The summed E-state index contributed by atoms with van der Waals surface area (Å²) in [4.78, 5) is 3.03. The first kappa shape index (κ1) is 20.5. The predicted octanol–water partition coefficient (Wildman–Crippen LogP) is 5.49. The van der Waals surface area contributed by atoms with Crippen molar-refractivity contribution in [2.75, 3.05) is 6.54 Å². The van der Waals surface area contributed by atoms with Crippen molar-refractivity contribution < 1.29 is 30.9 Å². The Morgan fingerprint density at radius 2 is 1.93 bits per heavy atom. The number of fused-ring (bicyclic) bond motifs is 1. The zero-order chi connectivity index (χ0) is 21.7. The number of benzene rings is 1. The highest BCUT2D eigenvalue weighted by Crippen LogP contribution is 2.49. The molecule has 0 amide bonds. The second kappa shape index (κ2) is 6.90. The van der Waals surface area contributed by atoms with Crippen LogP contribution in [-0.4, -0.2) is 32.6 Å². The van der Waals surface area contributed by atoms with Crippen molar-refractivity contribution >= 4 is 11.6 Å². The fraction of sp³-hybridized carbons (Fsp3) is 0.263. The van der Waals surface area contributed by atoms with E-state index in [1.54, 1.807) is 4.90 Å². The lowest BCUT2D eigenvalue weighted by molar-refractivity contribution is -0.141. The topological polar surface area (TPSA) is 42.2 Å². The van der Waals surface area contributed by atoms with Crippen LogP contribution in [-0.2, 0) is 12.7 Å². The molecule has 11 heteroatoms. The van der Waals surface area contributed by atoms with E-state index < -0.39 is 22.8 Å². The minimum absolute atomic E-state index is 0.00698. The molecule has 4 rings (SSSR count). The van der Waals surface area contributed by atoms with Crippen molar-refractivity contribution in [1.29, 1.82) is 0 Å². The summed E-state index contributed by atoms with van der Waals surface area (Å²) in [7, 11) is 0. The molecular weight excluding hydrogens is 436 g/mol. The van der Waals surface area contributed by atoms with Crippen LogP contribution in [0.25, 0.3) is 11.5 Å². The quantitative estimate of drug-likeness (QED) is 0.461. The number of rotatable bonds is 3. The van der Waals surface area contributed by atoms with Gasteiger partial charge in [0, 0.05) is 23.4 Å². The van der Waals surface area contributed by atoms with E-state index in [9.17, 15) is 26.3 Å². The van der Waals surface area contributed by atoms with Gasteiger partial charge < -0.3 is 9.42 Å². The average Bonchev–Trinajstić information content (AvgIpc) is 3.29. The fourth-order valence-electron chi connectivity index (χ4n) is 3.30. The first-order valence-corrected chi connectivity index (χ1v) is 8.98.